The van der Waals surface area contributed by atoms with Crippen LogP contribution in [0.15, 0.2) is 5.38 Å². The summed E-state index contributed by atoms with van der Waals surface area (Å²) in [5, 5.41) is 16.7. The minimum absolute atomic E-state index is 0.00273. The van der Waals surface area contributed by atoms with Crippen molar-refractivity contribution < 1.29 is 14.7 Å². The van der Waals surface area contributed by atoms with Crippen LogP contribution in [0.1, 0.15) is 38.8 Å². The molecule has 112 valence electrons. The summed E-state index contributed by atoms with van der Waals surface area (Å²) in [6.45, 7) is 5.46. The third-order valence-electron chi connectivity index (χ3n) is 2.91. The van der Waals surface area contributed by atoms with Gasteiger partial charge in [0.15, 0.2) is 5.13 Å². The molecule has 0 saturated carbocycles. The summed E-state index contributed by atoms with van der Waals surface area (Å²) in [7, 11) is 0. The zero-order valence-electron chi connectivity index (χ0n) is 12.0. The molecule has 2 unspecified atom stereocenters. The van der Waals surface area contributed by atoms with Crippen molar-refractivity contribution in [3.63, 3.8) is 0 Å². The molecule has 0 spiro atoms. The molecule has 6 nitrogen and oxygen atoms in total. The number of aryl methyl sites for hydroxylation is 1. The Kier molecular flexibility index (Phi) is 6.44. The van der Waals surface area contributed by atoms with Gasteiger partial charge in [-0.2, -0.15) is 0 Å². The van der Waals surface area contributed by atoms with Gasteiger partial charge in [-0.3, -0.25) is 10.1 Å². The summed E-state index contributed by atoms with van der Waals surface area (Å²) < 4.78 is 0. The highest BCUT2D eigenvalue weighted by Gasteiger charge is 2.12. The summed E-state index contributed by atoms with van der Waals surface area (Å²) in [5.74, 6) is -1.11. The summed E-state index contributed by atoms with van der Waals surface area (Å²) in [5.41, 5.74) is 0.876. The lowest BCUT2D eigenvalue weighted by atomic mass is 10.0. The first-order chi connectivity index (χ1) is 9.38. The molecule has 0 aliphatic heterocycles. The number of aliphatic carboxylic acids is 1. The molecule has 0 bridgehead atoms. The van der Waals surface area contributed by atoms with E-state index in [1.165, 1.54) is 11.3 Å². The smallest absolute Gasteiger partial charge is 0.321 e. The standard InChI is InChI=1S/C13H21N3O3S/c1-8(11(17)18)5-4-6-9(2)14-12(19)16-13-15-10(3)7-20-13/h7-9H,4-6H2,1-3H3,(H,17,18)(H2,14,15,16,19). The van der Waals surface area contributed by atoms with Crippen molar-refractivity contribution in [3.05, 3.63) is 11.1 Å². The van der Waals surface area contributed by atoms with Crippen molar-refractivity contribution in [2.24, 2.45) is 5.92 Å². The summed E-state index contributed by atoms with van der Waals surface area (Å²) in [4.78, 5) is 26.5. The fourth-order valence-electron chi connectivity index (χ4n) is 1.69. The number of thiazole rings is 1. The summed E-state index contributed by atoms with van der Waals surface area (Å²) >= 11 is 1.38. The average Bonchev–Trinajstić information content (AvgIpc) is 2.73. The number of carboxylic acid groups (broad SMARTS) is 1. The summed E-state index contributed by atoms with van der Waals surface area (Å²) in [6.07, 6.45) is 2.14. The maximum absolute atomic E-state index is 11.7. The van der Waals surface area contributed by atoms with E-state index in [1.54, 1.807) is 6.92 Å². The molecule has 0 aromatic carbocycles. The van der Waals surface area contributed by atoms with Crippen molar-refractivity contribution in [1.82, 2.24) is 10.3 Å². The quantitative estimate of drug-likeness (QED) is 0.722. The first-order valence-corrected chi connectivity index (χ1v) is 7.49. The molecule has 1 rings (SSSR count). The van der Waals surface area contributed by atoms with Crippen LogP contribution in [-0.2, 0) is 4.79 Å². The van der Waals surface area contributed by atoms with E-state index >= 15 is 0 Å². The average molecular weight is 299 g/mol. The SMILES string of the molecule is Cc1csc(NC(=O)NC(C)CCCC(C)C(=O)O)n1. The van der Waals surface area contributed by atoms with Gasteiger partial charge in [0.1, 0.15) is 0 Å². The second kappa shape index (κ2) is 7.84. The van der Waals surface area contributed by atoms with Crippen LogP contribution in [0.4, 0.5) is 9.93 Å². The van der Waals surface area contributed by atoms with Gasteiger partial charge in [0, 0.05) is 11.4 Å². The van der Waals surface area contributed by atoms with E-state index < -0.39 is 5.97 Å². The van der Waals surface area contributed by atoms with E-state index in [2.05, 4.69) is 15.6 Å². The zero-order valence-corrected chi connectivity index (χ0v) is 12.8. The number of nitrogens with one attached hydrogen (secondary N) is 2. The monoisotopic (exact) mass is 299 g/mol. The van der Waals surface area contributed by atoms with Gasteiger partial charge in [-0.15, -0.1) is 11.3 Å². The Labute approximate surface area is 122 Å². The van der Waals surface area contributed by atoms with E-state index in [4.69, 9.17) is 5.11 Å². The van der Waals surface area contributed by atoms with Gasteiger partial charge < -0.3 is 10.4 Å². The Morgan fingerprint density at radius 3 is 2.65 bits per heavy atom. The molecule has 0 radical (unpaired) electrons. The first-order valence-electron chi connectivity index (χ1n) is 6.61. The number of hydrogen-bond acceptors (Lipinski definition) is 4. The van der Waals surface area contributed by atoms with E-state index in [-0.39, 0.29) is 18.0 Å². The lowest BCUT2D eigenvalue weighted by Gasteiger charge is -2.14. The molecule has 20 heavy (non-hydrogen) atoms. The van der Waals surface area contributed by atoms with Gasteiger partial charge in [0.25, 0.3) is 0 Å². The third kappa shape index (κ3) is 6.01. The minimum atomic E-state index is -0.775. The topological polar surface area (TPSA) is 91.3 Å². The van der Waals surface area contributed by atoms with Crippen molar-refractivity contribution >= 4 is 28.5 Å². The second-order valence-electron chi connectivity index (χ2n) is 4.96. The third-order valence-corrected chi connectivity index (χ3v) is 3.79. The van der Waals surface area contributed by atoms with Gasteiger partial charge in [-0.1, -0.05) is 13.3 Å². The predicted octanol–water partition coefficient (Wildman–Crippen LogP) is 2.85. The Morgan fingerprint density at radius 2 is 2.10 bits per heavy atom. The number of nitrogens with zero attached hydrogens (tertiary/aromatic N) is 1. The Bertz CT molecular complexity index is 461. The number of hydrogen-bond donors (Lipinski definition) is 3. The molecule has 7 heteroatoms. The predicted molar refractivity (Wildman–Crippen MR) is 79.1 cm³/mol. The van der Waals surface area contributed by atoms with Crippen LogP contribution < -0.4 is 10.6 Å². The molecule has 0 aliphatic carbocycles. The molecule has 2 amide bonds. The second-order valence-corrected chi connectivity index (χ2v) is 5.82. The highest BCUT2D eigenvalue weighted by molar-refractivity contribution is 7.13. The lowest BCUT2D eigenvalue weighted by Crippen LogP contribution is -2.36. The van der Waals surface area contributed by atoms with Crippen molar-refractivity contribution in [2.75, 3.05) is 5.32 Å². The number of aromatic nitrogens is 1. The van der Waals surface area contributed by atoms with Crippen molar-refractivity contribution in [3.8, 4) is 0 Å². The van der Waals surface area contributed by atoms with Crippen LogP contribution in [0, 0.1) is 12.8 Å². The molecule has 3 N–H and O–H groups in total. The highest BCUT2D eigenvalue weighted by atomic mass is 32.1. The highest BCUT2D eigenvalue weighted by Crippen LogP contribution is 2.14. The van der Waals surface area contributed by atoms with E-state index in [9.17, 15) is 9.59 Å². The number of rotatable bonds is 7. The number of carbonyl (C=O) groups excluding carboxylic acids is 1. The van der Waals surface area contributed by atoms with Crippen LogP contribution in [0.2, 0.25) is 0 Å². The van der Waals surface area contributed by atoms with Gasteiger partial charge >= 0.3 is 12.0 Å². The van der Waals surface area contributed by atoms with Gasteiger partial charge in [-0.25, -0.2) is 9.78 Å². The van der Waals surface area contributed by atoms with Crippen LogP contribution in [0.25, 0.3) is 0 Å². The van der Waals surface area contributed by atoms with Gasteiger partial charge in [0.2, 0.25) is 0 Å². The Hall–Kier alpha value is -1.63. The normalized spacial score (nSPS) is 13.6. The molecule has 1 heterocycles. The zero-order chi connectivity index (χ0) is 15.1. The molecular formula is C13H21N3O3S. The number of anilines is 1. The van der Waals surface area contributed by atoms with Crippen LogP contribution in [-0.4, -0.2) is 28.1 Å². The molecule has 0 saturated heterocycles. The number of carbonyl (C=O) groups is 2. The van der Waals surface area contributed by atoms with E-state index in [0.29, 0.717) is 11.6 Å². The van der Waals surface area contributed by atoms with Gasteiger partial charge in [0.05, 0.1) is 11.6 Å². The van der Waals surface area contributed by atoms with Crippen molar-refractivity contribution in [2.45, 2.75) is 46.1 Å². The van der Waals surface area contributed by atoms with E-state index in [1.807, 2.05) is 19.2 Å². The molecule has 1 aromatic rings. The number of carboxylic acids is 1. The first kappa shape index (κ1) is 16.4. The number of urea groups is 1. The molecule has 1 aromatic heterocycles. The molecule has 0 aliphatic rings. The number of amides is 2. The van der Waals surface area contributed by atoms with Crippen molar-refractivity contribution in [1.29, 1.82) is 0 Å². The molecular weight excluding hydrogens is 278 g/mol. The maximum atomic E-state index is 11.7. The fraction of sp³-hybridized carbons (Fsp3) is 0.615. The van der Waals surface area contributed by atoms with Gasteiger partial charge in [-0.05, 0) is 26.7 Å². The van der Waals surface area contributed by atoms with Crippen LogP contribution in [0.3, 0.4) is 0 Å². The minimum Gasteiger partial charge on any atom is -0.481 e. The van der Waals surface area contributed by atoms with E-state index in [0.717, 1.165) is 18.5 Å². The molecule has 2 atom stereocenters. The Morgan fingerprint density at radius 1 is 1.40 bits per heavy atom. The Balaban J connectivity index is 2.23. The van der Waals surface area contributed by atoms with Crippen LogP contribution in [0.5, 0.6) is 0 Å². The molecule has 0 fully saturated rings. The maximum Gasteiger partial charge on any atom is 0.321 e. The fourth-order valence-corrected chi connectivity index (χ4v) is 2.38. The van der Waals surface area contributed by atoms with Crippen LogP contribution >= 0.6 is 11.3 Å². The largest absolute Gasteiger partial charge is 0.481 e. The lowest BCUT2D eigenvalue weighted by molar-refractivity contribution is -0.141. The summed E-state index contributed by atoms with van der Waals surface area (Å²) in [6, 6.07) is -0.282.